The quantitative estimate of drug-likeness (QED) is 0.684. The van der Waals surface area contributed by atoms with Gasteiger partial charge in [-0.2, -0.15) is 0 Å². The summed E-state index contributed by atoms with van der Waals surface area (Å²) in [5.74, 6) is 0.658. The van der Waals surface area contributed by atoms with E-state index < -0.39 is 10.0 Å². The molecule has 0 aromatic rings. The maximum atomic E-state index is 11.9. The first-order chi connectivity index (χ1) is 6.94. The van der Waals surface area contributed by atoms with Crippen LogP contribution in [0.2, 0.25) is 0 Å². The summed E-state index contributed by atoms with van der Waals surface area (Å²) in [6.07, 6.45) is 1.55. The number of rotatable bonds is 8. The van der Waals surface area contributed by atoms with Gasteiger partial charge in [0.1, 0.15) is 0 Å². The predicted molar refractivity (Wildman–Crippen MR) is 64.2 cm³/mol. The smallest absolute Gasteiger partial charge is 0.214 e. The van der Waals surface area contributed by atoms with Crippen LogP contribution in [0.5, 0.6) is 0 Å². The normalized spacial score (nSPS) is 12.7. The van der Waals surface area contributed by atoms with Crippen LogP contribution in [0.15, 0.2) is 0 Å². The molecule has 0 saturated carbocycles. The van der Waals surface area contributed by atoms with Gasteiger partial charge in [0.25, 0.3) is 0 Å². The van der Waals surface area contributed by atoms with Crippen LogP contribution in [0.1, 0.15) is 33.6 Å². The molecule has 2 N–H and O–H groups in total. The lowest BCUT2D eigenvalue weighted by molar-refractivity contribution is 0.414. The van der Waals surface area contributed by atoms with Crippen molar-refractivity contribution in [1.29, 1.82) is 0 Å². The number of nitrogens with two attached hydrogens (primary N) is 1. The molecule has 0 unspecified atom stereocenters. The molecule has 5 heteroatoms. The van der Waals surface area contributed by atoms with Crippen LogP contribution in [-0.2, 0) is 10.0 Å². The largest absolute Gasteiger partial charge is 0.329 e. The summed E-state index contributed by atoms with van der Waals surface area (Å²) in [5.41, 5.74) is 5.41. The van der Waals surface area contributed by atoms with Crippen LogP contribution in [0, 0.1) is 5.92 Å². The van der Waals surface area contributed by atoms with E-state index in [2.05, 4.69) is 0 Å². The molecule has 4 nitrogen and oxygen atoms in total. The Bertz CT molecular complexity index is 244. The lowest BCUT2D eigenvalue weighted by Crippen LogP contribution is -2.37. The van der Waals surface area contributed by atoms with E-state index in [0.717, 1.165) is 6.42 Å². The third-order valence-electron chi connectivity index (χ3n) is 2.20. The highest BCUT2D eigenvalue weighted by Gasteiger charge is 2.20. The van der Waals surface area contributed by atoms with Gasteiger partial charge in [-0.25, -0.2) is 12.7 Å². The monoisotopic (exact) mass is 236 g/mol. The molecule has 15 heavy (non-hydrogen) atoms. The van der Waals surface area contributed by atoms with Crippen LogP contribution < -0.4 is 5.73 Å². The van der Waals surface area contributed by atoms with Crippen LogP contribution >= 0.6 is 0 Å². The fraction of sp³-hybridized carbons (Fsp3) is 1.00. The summed E-state index contributed by atoms with van der Waals surface area (Å²) < 4.78 is 25.3. The maximum Gasteiger partial charge on any atom is 0.214 e. The second-order valence-corrected chi connectivity index (χ2v) is 6.27. The van der Waals surface area contributed by atoms with Gasteiger partial charge in [0.15, 0.2) is 0 Å². The Balaban J connectivity index is 4.35. The molecule has 0 spiro atoms. The van der Waals surface area contributed by atoms with Crippen molar-refractivity contribution in [2.45, 2.75) is 33.6 Å². The molecule has 0 aromatic carbocycles. The Morgan fingerprint density at radius 2 is 1.87 bits per heavy atom. The Morgan fingerprint density at radius 3 is 2.27 bits per heavy atom. The minimum Gasteiger partial charge on any atom is -0.329 e. The first kappa shape index (κ1) is 14.9. The van der Waals surface area contributed by atoms with Gasteiger partial charge in [0, 0.05) is 19.6 Å². The second kappa shape index (κ2) is 7.19. The Labute approximate surface area is 93.9 Å². The van der Waals surface area contributed by atoms with Crippen molar-refractivity contribution in [3.63, 3.8) is 0 Å². The van der Waals surface area contributed by atoms with Gasteiger partial charge in [-0.1, -0.05) is 20.8 Å². The van der Waals surface area contributed by atoms with Gasteiger partial charge in [-0.3, -0.25) is 0 Å². The standard InChI is InChI=1S/C10H24N2O2S/c1-4-7-12(8-6-11)15(13,14)9-5-10(2)3/h10H,4-9,11H2,1-3H3. The molecular weight excluding hydrogens is 212 g/mol. The van der Waals surface area contributed by atoms with Gasteiger partial charge in [-0.15, -0.1) is 0 Å². The van der Waals surface area contributed by atoms with Gasteiger partial charge in [0.05, 0.1) is 5.75 Å². The van der Waals surface area contributed by atoms with E-state index in [-0.39, 0.29) is 5.75 Å². The third-order valence-corrected chi connectivity index (χ3v) is 4.10. The Kier molecular flexibility index (Phi) is 7.13. The SMILES string of the molecule is CCCN(CCN)S(=O)(=O)CCC(C)C. The lowest BCUT2D eigenvalue weighted by atomic mass is 10.2. The molecule has 0 atom stereocenters. The van der Waals surface area contributed by atoms with Gasteiger partial charge in [-0.05, 0) is 18.8 Å². The fourth-order valence-corrected chi connectivity index (χ4v) is 3.17. The Morgan fingerprint density at radius 1 is 1.27 bits per heavy atom. The fourth-order valence-electron chi connectivity index (χ4n) is 1.30. The molecule has 0 aliphatic carbocycles. The van der Waals surface area contributed by atoms with Gasteiger partial charge >= 0.3 is 0 Å². The molecule has 0 bridgehead atoms. The molecule has 0 amide bonds. The van der Waals surface area contributed by atoms with Crippen molar-refractivity contribution < 1.29 is 8.42 Å². The molecule has 0 heterocycles. The predicted octanol–water partition coefficient (Wildman–Crippen LogP) is 1.03. The van der Waals surface area contributed by atoms with E-state index in [1.54, 1.807) is 0 Å². The molecule has 0 rings (SSSR count). The molecule has 0 fully saturated rings. The van der Waals surface area contributed by atoms with E-state index in [9.17, 15) is 8.42 Å². The summed E-state index contributed by atoms with van der Waals surface area (Å²) in [7, 11) is -3.09. The minimum absolute atomic E-state index is 0.241. The first-order valence-electron chi connectivity index (χ1n) is 5.62. The summed E-state index contributed by atoms with van der Waals surface area (Å²) in [6, 6.07) is 0. The van der Waals surface area contributed by atoms with Crippen molar-refractivity contribution in [3.05, 3.63) is 0 Å². The zero-order valence-electron chi connectivity index (χ0n) is 10.1. The summed E-state index contributed by atoms with van der Waals surface area (Å²) in [4.78, 5) is 0. The number of nitrogens with zero attached hydrogens (tertiary/aromatic N) is 1. The first-order valence-corrected chi connectivity index (χ1v) is 7.22. The molecule has 0 aromatic heterocycles. The minimum atomic E-state index is -3.09. The summed E-state index contributed by atoms with van der Waals surface area (Å²) in [5, 5.41) is 0. The van der Waals surface area contributed by atoms with Crippen LogP contribution in [0.3, 0.4) is 0 Å². The van der Waals surface area contributed by atoms with Gasteiger partial charge in [0.2, 0.25) is 10.0 Å². The van der Waals surface area contributed by atoms with Crippen molar-refractivity contribution >= 4 is 10.0 Å². The van der Waals surface area contributed by atoms with Crippen molar-refractivity contribution in [1.82, 2.24) is 4.31 Å². The van der Waals surface area contributed by atoms with Crippen LogP contribution in [0.4, 0.5) is 0 Å². The van der Waals surface area contributed by atoms with Crippen LogP contribution in [0.25, 0.3) is 0 Å². The Hall–Kier alpha value is -0.130. The number of sulfonamides is 1. The summed E-state index contributed by atoms with van der Waals surface area (Å²) >= 11 is 0. The number of hydrogen-bond acceptors (Lipinski definition) is 3. The second-order valence-electron chi connectivity index (χ2n) is 4.19. The van der Waals surface area contributed by atoms with Gasteiger partial charge < -0.3 is 5.73 Å². The zero-order valence-corrected chi connectivity index (χ0v) is 10.9. The van der Waals surface area contributed by atoms with E-state index in [0.29, 0.717) is 32.0 Å². The third kappa shape index (κ3) is 6.12. The van der Waals surface area contributed by atoms with E-state index >= 15 is 0 Å². The topological polar surface area (TPSA) is 63.4 Å². The highest BCUT2D eigenvalue weighted by Crippen LogP contribution is 2.08. The molecule has 0 saturated heterocycles. The van der Waals surface area contributed by atoms with E-state index in [1.807, 2.05) is 20.8 Å². The molecule has 92 valence electrons. The highest BCUT2D eigenvalue weighted by molar-refractivity contribution is 7.89. The average Bonchev–Trinajstić information content (AvgIpc) is 2.15. The molecule has 0 aliphatic heterocycles. The zero-order chi connectivity index (χ0) is 11.9. The van der Waals surface area contributed by atoms with E-state index in [4.69, 9.17) is 5.73 Å². The average molecular weight is 236 g/mol. The highest BCUT2D eigenvalue weighted by atomic mass is 32.2. The van der Waals surface area contributed by atoms with E-state index in [1.165, 1.54) is 4.31 Å². The number of hydrogen-bond donors (Lipinski definition) is 1. The molecule has 0 radical (unpaired) electrons. The van der Waals surface area contributed by atoms with Crippen LogP contribution in [-0.4, -0.2) is 38.1 Å². The summed E-state index contributed by atoms with van der Waals surface area (Å²) in [6.45, 7) is 7.44. The lowest BCUT2D eigenvalue weighted by Gasteiger charge is -2.21. The molecule has 0 aliphatic rings. The molecular formula is C10H24N2O2S. The van der Waals surface area contributed by atoms with Crippen molar-refractivity contribution in [2.24, 2.45) is 11.7 Å². The van der Waals surface area contributed by atoms with Crippen molar-refractivity contribution in [3.8, 4) is 0 Å². The maximum absolute atomic E-state index is 11.9. The van der Waals surface area contributed by atoms with Crippen molar-refractivity contribution in [2.75, 3.05) is 25.4 Å².